The number of carbonyl (C=O) groups excluding carboxylic acids is 1. The highest BCUT2D eigenvalue weighted by Crippen LogP contribution is 2.40. The molecular formula is C17H20F4N4O2. The van der Waals surface area contributed by atoms with Gasteiger partial charge in [0, 0.05) is 39.0 Å². The fourth-order valence-electron chi connectivity index (χ4n) is 2.49. The number of alkyl halides is 3. The lowest BCUT2D eigenvalue weighted by atomic mass is 9.97. The topological polar surface area (TPSA) is 79.2 Å². The number of urea groups is 1. The number of aromatic nitrogens is 2. The van der Waals surface area contributed by atoms with E-state index in [1.54, 1.807) is 19.1 Å². The Morgan fingerprint density at radius 2 is 2.00 bits per heavy atom. The minimum absolute atomic E-state index is 0.00589. The van der Waals surface area contributed by atoms with Crippen molar-refractivity contribution in [3.8, 4) is 0 Å². The molecule has 1 unspecified atom stereocenters. The summed E-state index contributed by atoms with van der Waals surface area (Å²) in [6, 6.07) is 3.71. The first-order valence-electron chi connectivity index (χ1n) is 8.08. The van der Waals surface area contributed by atoms with Gasteiger partial charge < -0.3 is 20.3 Å². The van der Waals surface area contributed by atoms with Gasteiger partial charge in [-0.3, -0.25) is 0 Å². The summed E-state index contributed by atoms with van der Waals surface area (Å²) in [5.74, 6) is -0.979. The van der Waals surface area contributed by atoms with E-state index in [0.717, 1.165) is 10.8 Å². The molecule has 0 bridgehead atoms. The SMILES string of the molecule is Cc1ccc(CNC(=O)NCCC(O)(c2nccn2C)C(F)(F)F)cc1F. The molecule has 0 aliphatic heterocycles. The van der Waals surface area contributed by atoms with Gasteiger partial charge in [0.15, 0.2) is 0 Å². The third-order valence-electron chi connectivity index (χ3n) is 4.12. The van der Waals surface area contributed by atoms with Gasteiger partial charge in [-0.25, -0.2) is 14.2 Å². The van der Waals surface area contributed by atoms with E-state index in [4.69, 9.17) is 0 Å². The number of nitrogens with one attached hydrogen (secondary N) is 2. The van der Waals surface area contributed by atoms with Gasteiger partial charge in [0.25, 0.3) is 0 Å². The van der Waals surface area contributed by atoms with E-state index >= 15 is 0 Å². The van der Waals surface area contributed by atoms with Crippen molar-refractivity contribution in [2.24, 2.45) is 7.05 Å². The summed E-state index contributed by atoms with van der Waals surface area (Å²) in [7, 11) is 1.33. The minimum atomic E-state index is -4.97. The smallest absolute Gasteiger partial charge is 0.374 e. The maximum Gasteiger partial charge on any atom is 0.424 e. The molecule has 2 aromatic rings. The Bertz CT molecular complexity index is 806. The Labute approximate surface area is 153 Å². The van der Waals surface area contributed by atoms with E-state index in [0.29, 0.717) is 11.1 Å². The van der Waals surface area contributed by atoms with Crippen LogP contribution in [0.2, 0.25) is 0 Å². The van der Waals surface area contributed by atoms with Crippen LogP contribution in [0.25, 0.3) is 0 Å². The molecule has 2 rings (SSSR count). The summed E-state index contributed by atoms with van der Waals surface area (Å²) < 4.78 is 54.5. The highest BCUT2D eigenvalue weighted by molar-refractivity contribution is 5.73. The molecular weight excluding hydrogens is 368 g/mol. The Balaban J connectivity index is 1.92. The predicted octanol–water partition coefficient (Wildman–Crippen LogP) is 2.51. The first-order valence-corrected chi connectivity index (χ1v) is 8.08. The van der Waals surface area contributed by atoms with Gasteiger partial charge in [0.1, 0.15) is 11.6 Å². The highest BCUT2D eigenvalue weighted by Gasteiger charge is 2.57. The number of rotatable bonds is 6. The number of aryl methyl sites for hydroxylation is 2. The van der Waals surface area contributed by atoms with Gasteiger partial charge in [-0.05, 0) is 24.1 Å². The van der Waals surface area contributed by atoms with E-state index in [2.05, 4.69) is 15.6 Å². The molecule has 0 aliphatic carbocycles. The molecule has 0 saturated carbocycles. The van der Waals surface area contributed by atoms with Crippen LogP contribution in [0.3, 0.4) is 0 Å². The van der Waals surface area contributed by atoms with Crippen molar-refractivity contribution in [2.45, 2.75) is 31.7 Å². The summed E-state index contributed by atoms with van der Waals surface area (Å²) in [5.41, 5.74) is -2.23. The summed E-state index contributed by atoms with van der Waals surface area (Å²) in [5, 5.41) is 14.8. The quantitative estimate of drug-likeness (QED) is 0.666. The van der Waals surface area contributed by atoms with Gasteiger partial charge >= 0.3 is 12.2 Å². The number of benzene rings is 1. The summed E-state index contributed by atoms with van der Waals surface area (Å²) in [4.78, 5) is 15.3. The Hall–Kier alpha value is -2.62. The van der Waals surface area contributed by atoms with E-state index in [1.807, 2.05) is 0 Å². The van der Waals surface area contributed by atoms with Crippen molar-refractivity contribution in [1.82, 2.24) is 20.2 Å². The van der Waals surface area contributed by atoms with Crippen LogP contribution in [0, 0.1) is 12.7 Å². The van der Waals surface area contributed by atoms with Gasteiger partial charge in [0.2, 0.25) is 5.60 Å². The second-order valence-corrected chi connectivity index (χ2v) is 6.16. The fraction of sp³-hybridized carbons (Fsp3) is 0.412. The van der Waals surface area contributed by atoms with Gasteiger partial charge in [-0.1, -0.05) is 12.1 Å². The van der Waals surface area contributed by atoms with Gasteiger partial charge in [0.05, 0.1) is 0 Å². The number of nitrogens with zero attached hydrogens (tertiary/aromatic N) is 2. The zero-order valence-corrected chi connectivity index (χ0v) is 14.8. The molecule has 2 amide bonds. The largest absolute Gasteiger partial charge is 0.424 e. The molecule has 27 heavy (non-hydrogen) atoms. The van der Waals surface area contributed by atoms with Crippen molar-refractivity contribution in [3.63, 3.8) is 0 Å². The average Bonchev–Trinajstić information content (AvgIpc) is 3.01. The Morgan fingerprint density at radius 3 is 2.56 bits per heavy atom. The van der Waals surface area contributed by atoms with Crippen LogP contribution >= 0.6 is 0 Å². The van der Waals surface area contributed by atoms with Crippen LogP contribution < -0.4 is 10.6 Å². The highest BCUT2D eigenvalue weighted by atomic mass is 19.4. The van der Waals surface area contributed by atoms with Crippen molar-refractivity contribution in [1.29, 1.82) is 0 Å². The maximum absolute atomic E-state index is 13.4. The molecule has 1 aromatic carbocycles. The van der Waals surface area contributed by atoms with Crippen LogP contribution in [0.4, 0.5) is 22.4 Å². The maximum atomic E-state index is 13.4. The predicted molar refractivity (Wildman–Crippen MR) is 89.2 cm³/mol. The van der Waals surface area contributed by atoms with Gasteiger partial charge in [-0.2, -0.15) is 13.2 Å². The summed E-state index contributed by atoms with van der Waals surface area (Å²) in [6.07, 6.45) is -3.35. The lowest BCUT2D eigenvalue weighted by molar-refractivity contribution is -0.272. The second-order valence-electron chi connectivity index (χ2n) is 6.16. The molecule has 0 fully saturated rings. The van der Waals surface area contributed by atoms with Crippen LogP contribution in [0.1, 0.15) is 23.4 Å². The number of aliphatic hydroxyl groups is 1. The normalized spacial score (nSPS) is 13.9. The average molecular weight is 388 g/mol. The molecule has 10 heteroatoms. The number of halogens is 4. The molecule has 1 atom stereocenters. The van der Waals surface area contributed by atoms with Crippen molar-refractivity contribution in [2.75, 3.05) is 6.54 Å². The first-order chi connectivity index (χ1) is 12.5. The minimum Gasteiger partial charge on any atom is -0.374 e. The van der Waals surface area contributed by atoms with Crippen molar-refractivity contribution < 1.29 is 27.5 Å². The molecule has 6 nitrogen and oxygen atoms in total. The van der Waals surface area contributed by atoms with E-state index in [1.165, 1.54) is 19.3 Å². The molecule has 1 aromatic heterocycles. The van der Waals surface area contributed by atoms with Crippen molar-refractivity contribution >= 4 is 6.03 Å². The number of hydrogen-bond donors (Lipinski definition) is 3. The van der Waals surface area contributed by atoms with E-state index in [9.17, 15) is 27.5 Å². The van der Waals surface area contributed by atoms with Crippen LogP contribution in [-0.4, -0.2) is 33.4 Å². The molecule has 0 spiro atoms. The van der Waals surface area contributed by atoms with E-state index in [-0.39, 0.29) is 6.54 Å². The Morgan fingerprint density at radius 1 is 1.30 bits per heavy atom. The molecule has 0 saturated heterocycles. The molecule has 0 radical (unpaired) electrons. The fourth-order valence-corrected chi connectivity index (χ4v) is 2.49. The number of hydrogen-bond acceptors (Lipinski definition) is 3. The summed E-state index contributed by atoms with van der Waals surface area (Å²) in [6.45, 7) is 1.16. The van der Waals surface area contributed by atoms with Crippen molar-refractivity contribution in [3.05, 3.63) is 53.4 Å². The lowest BCUT2D eigenvalue weighted by Crippen LogP contribution is -2.47. The second kappa shape index (κ2) is 7.95. The third-order valence-corrected chi connectivity index (χ3v) is 4.12. The van der Waals surface area contributed by atoms with Crippen LogP contribution in [0.5, 0.6) is 0 Å². The molecule has 1 heterocycles. The molecule has 148 valence electrons. The molecule has 0 aliphatic rings. The summed E-state index contributed by atoms with van der Waals surface area (Å²) >= 11 is 0. The Kier molecular flexibility index (Phi) is 6.09. The van der Waals surface area contributed by atoms with E-state index < -0.39 is 42.4 Å². The molecule has 3 N–H and O–H groups in total. The zero-order valence-electron chi connectivity index (χ0n) is 14.8. The van der Waals surface area contributed by atoms with Gasteiger partial charge in [-0.15, -0.1) is 0 Å². The monoisotopic (exact) mass is 388 g/mol. The third kappa shape index (κ3) is 4.76. The van der Waals surface area contributed by atoms with Crippen LogP contribution in [-0.2, 0) is 19.2 Å². The number of carbonyl (C=O) groups is 1. The lowest BCUT2D eigenvalue weighted by Gasteiger charge is -2.29. The standard InChI is InChI=1S/C17H20F4N4O2/c1-11-3-4-12(9-13(11)18)10-24-15(26)23-6-5-16(27,17(19,20)21)14-22-7-8-25(14)2/h3-4,7-9,27H,5-6,10H2,1-2H3,(H2,23,24,26). The number of imidazole rings is 1. The first kappa shape index (κ1) is 20.7. The number of amides is 2. The van der Waals surface area contributed by atoms with Crippen LogP contribution in [0.15, 0.2) is 30.6 Å². The zero-order chi connectivity index (χ0) is 20.2.